The van der Waals surface area contributed by atoms with Crippen LogP contribution in [-0.2, 0) is 4.74 Å². The number of amides is 1. The van der Waals surface area contributed by atoms with Gasteiger partial charge >= 0.3 is 6.09 Å². The zero-order valence-electron chi connectivity index (χ0n) is 14.1. The Labute approximate surface area is 132 Å². The predicted octanol–water partition coefficient (Wildman–Crippen LogP) is 3.27. The molecule has 0 spiro atoms. The van der Waals surface area contributed by atoms with Crippen LogP contribution in [0.25, 0.3) is 0 Å². The number of nitrogens with zero attached hydrogens (tertiary/aromatic N) is 1. The number of hydrogen-bond donors (Lipinski definition) is 1. The molecule has 122 valence electrons. The number of aryl methyl sites for hydroxylation is 2. The summed E-state index contributed by atoms with van der Waals surface area (Å²) < 4.78 is 11.5. The number of nitrogens with two attached hydrogens (primary N) is 1. The van der Waals surface area contributed by atoms with Crippen LogP contribution < -0.4 is 10.5 Å². The lowest BCUT2D eigenvalue weighted by atomic mass is 10.1. The lowest BCUT2D eigenvalue weighted by molar-refractivity contribution is 0.0275. The molecule has 5 heteroatoms. The molecule has 2 N–H and O–H groups in total. The lowest BCUT2D eigenvalue weighted by Gasteiger charge is -2.24. The van der Waals surface area contributed by atoms with Crippen molar-refractivity contribution in [1.82, 2.24) is 4.90 Å². The van der Waals surface area contributed by atoms with Gasteiger partial charge in [0.05, 0.1) is 6.54 Å². The van der Waals surface area contributed by atoms with Gasteiger partial charge in [0.15, 0.2) is 0 Å². The minimum absolute atomic E-state index is 0.00598. The van der Waals surface area contributed by atoms with Crippen molar-refractivity contribution in [2.45, 2.75) is 52.7 Å². The van der Waals surface area contributed by atoms with Gasteiger partial charge < -0.3 is 20.1 Å². The highest BCUT2D eigenvalue weighted by Crippen LogP contribution is 2.29. The second-order valence-electron chi connectivity index (χ2n) is 6.94. The molecule has 0 radical (unpaired) electrons. The molecule has 1 aliphatic heterocycles. The van der Waals surface area contributed by atoms with E-state index in [2.05, 4.69) is 0 Å². The zero-order valence-corrected chi connectivity index (χ0v) is 14.1. The van der Waals surface area contributed by atoms with Crippen molar-refractivity contribution >= 4 is 11.8 Å². The van der Waals surface area contributed by atoms with Gasteiger partial charge in [0.25, 0.3) is 0 Å². The number of hydrogen-bond acceptors (Lipinski definition) is 4. The molecular formula is C17H26N2O3. The minimum Gasteiger partial charge on any atom is -0.488 e. The SMILES string of the molecule is Cc1cc(N)cc(C)c1OC1CCN(C(=O)OC(C)(C)C)C1. The molecule has 1 unspecified atom stereocenters. The Kier molecular flexibility index (Phi) is 4.54. The van der Waals surface area contributed by atoms with E-state index in [0.717, 1.165) is 29.0 Å². The molecule has 1 amide bonds. The smallest absolute Gasteiger partial charge is 0.410 e. The first kappa shape index (κ1) is 16.5. The fourth-order valence-corrected chi connectivity index (χ4v) is 2.65. The number of ether oxygens (including phenoxy) is 2. The van der Waals surface area contributed by atoms with Crippen LogP contribution in [-0.4, -0.2) is 35.8 Å². The second kappa shape index (κ2) is 6.07. The van der Waals surface area contributed by atoms with E-state index >= 15 is 0 Å². The van der Waals surface area contributed by atoms with E-state index in [4.69, 9.17) is 15.2 Å². The van der Waals surface area contributed by atoms with Crippen molar-refractivity contribution in [3.8, 4) is 5.75 Å². The number of nitrogen functional groups attached to an aromatic ring is 1. The van der Waals surface area contributed by atoms with E-state index in [0.29, 0.717) is 13.1 Å². The van der Waals surface area contributed by atoms with E-state index in [1.807, 2.05) is 46.8 Å². The van der Waals surface area contributed by atoms with Crippen LogP contribution in [0.15, 0.2) is 12.1 Å². The maximum absolute atomic E-state index is 12.1. The van der Waals surface area contributed by atoms with Gasteiger partial charge in [-0.25, -0.2) is 4.79 Å². The predicted molar refractivity (Wildman–Crippen MR) is 87.2 cm³/mol. The van der Waals surface area contributed by atoms with Crippen LogP contribution in [0.3, 0.4) is 0 Å². The maximum Gasteiger partial charge on any atom is 0.410 e. The van der Waals surface area contributed by atoms with Gasteiger partial charge in [-0.05, 0) is 57.9 Å². The summed E-state index contributed by atoms with van der Waals surface area (Å²) in [5.41, 5.74) is 8.14. The number of likely N-dealkylation sites (tertiary alicyclic amines) is 1. The third kappa shape index (κ3) is 4.06. The first-order chi connectivity index (χ1) is 10.2. The van der Waals surface area contributed by atoms with Crippen molar-refractivity contribution in [2.75, 3.05) is 18.8 Å². The highest BCUT2D eigenvalue weighted by molar-refractivity contribution is 5.68. The van der Waals surface area contributed by atoms with E-state index < -0.39 is 5.60 Å². The molecule has 1 aromatic carbocycles. The van der Waals surface area contributed by atoms with Crippen LogP contribution in [0, 0.1) is 13.8 Å². The molecule has 0 saturated carbocycles. The molecule has 1 fully saturated rings. The van der Waals surface area contributed by atoms with Gasteiger partial charge in [0.1, 0.15) is 17.5 Å². The van der Waals surface area contributed by atoms with E-state index in [9.17, 15) is 4.79 Å². The number of anilines is 1. The molecule has 0 aromatic heterocycles. The Balaban J connectivity index is 1.99. The Bertz CT molecular complexity index is 541. The number of carbonyl (C=O) groups is 1. The van der Waals surface area contributed by atoms with Gasteiger partial charge in [0.2, 0.25) is 0 Å². The summed E-state index contributed by atoms with van der Waals surface area (Å²) in [6, 6.07) is 3.81. The van der Waals surface area contributed by atoms with Gasteiger partial charge in [0, 0.05) is 18.7 Å². The van der Waals surface area contributed by atoms with E-state index in [1.165, 1.54) is 0 Å². The second-order valence-corrected chi connectivity index (χ2v) is 6.94. The number of benzene rings is 1. The Hall–Kier alpha value is -1.91. The number of carbonyl (C=O) groups excluding carboxylic acids is 1. The molecule has 1 aliphatic rings. The summed E-state index contributed by atoms with van der Waals surface area (Å²) in [6.07, 6.45) is 0.528. The molecule has 1 heterocycles. The topological polar surface area (TPSA) is 64.8 Å². The van der Waals surface area contributed by atoms with Crippen molar-refractivity contribution < 1.29 is 14.3 Å². The summed E-state index contributed by atoms with van der Waals surface area (Å²) in [6.45, 7) is 10.8. The Morgan fingerprint density at radius 1 is 1.27 bits per heavy atom. The van der Waals surface area contributed by atoms with Gasteiger partial charge in [-0.2, -0.15) is 0 Å². The summed E-state index contributed by atoms with van der Waals surface area (Å²) >= 11 is 0. The fourth-order valence-electron chi connectivity index (χ4n) is 2.65. The Morgan fingerprint density at radius 2 is 1.86 bits per heavy atom. The fraction of sp³-hybridized carbons (Fsp3) is 0.588. The molecule has 1 atom stereocenters. The standard InChI is InChI=1S/C17H26N2O3/c1-11-8-13(18)9-12(2)15(11)21-14-6-7-19(10-14)16(20)22-17(3,4)5/h8-9,14H,6-7,10,18H2,1-5H3. The van der Waals surface area contributed by atoms with Crippen molar-refractivity contribution in [3.05, 3.63) is 23.3 Å². The summed E-state index contributed by atoms with van der Waals surface area (Å²) in [5, 5.41) is 0. The number of rotatable bonds is 2. The van der Waals surface area contributed by atoms with Crippen molar-refractivity contribution in [3.63, 3.8) is 0 Å². The molecule has 1 saturated heterocycles. The molecule has 5 nitrogen and oxygen atoms in total. The molecule has 2 rings (SSSR count). The monoisotopic (exact) mass is 306 g/mol. The van der Waals surface area contributed by atoms with Crippen LogP contribution in [0.2, 0.25) is 0 Å². The van der Waals surface area contributed by atoms with Crippen LogP contribution in [0.5, 0.6) is 5.75 Å². The molecule has 1 aromatic rings. The minimum atomic E-state index is -0.472. The summed E-state index contributed by atoms with van der Waals surface area (Å²) in [4.78, 5) is 13.8. The van der Waals surface area contributed by atoms with Gasteiger partial charge in [-0.3, -0.25) is 0 Å². The largest absolute Gasteiger partial charge is 0.488 e. The quantitative estimate of drug-likeness (QED) is 0.852. The molecule has 0 bridgehead atoms. The normalized spacial score (nSPS) is 18.4. The highest BCUT2D eigenvalue weighted by atomic mass is 16.6. The zero-order chi connectivity index (χ0) is 16.5. The highest BCUT2D eigenvalue weighted by Gasteiger charge is 2.31. The van der Waals surface area contributed by atoms with E-state index in [1.54, 1.807) is 4.90 Å². The van der Waals surface area contributed by atoms with Gasteiger partial charge in [-0.15, -0.1) is 0 Å². The van der Waals surface area contributed by atoms with Crippen LogP contribution in [0.4, 0.5) is 10.5 Å². The van der Waals surface area contributed by atoms with Gasteiger partial charge in [-0.1, -0.05) is 0 Å². The Morgan fingerprint density at radius 3 is 2.41 bits per heavy atom. The van der Waals surface area contributed by atoms with Crippen molar-refractivity contribution in [2.24, 2.45) is 0 Å². The summed E-state index contributed by atoms with van der Waals surface area (Å²) in [7, 11) is 0. The van der Waals surface area contributed by atoms with Crippen LogP contribution >= 0.6 is 0 Å². The average Bonchev–Trinajstić information content (AvgIpc) is 2.80. The third-order valence-corrected chi connectivity index (χ3v) is 3.56. The van der Waals surface area contributed by atoms with E-state index in [-0.39, 0.29) is 12.2 Å². The first-order valence-electron chi connectivity index (χ1n) is 7.67. The first-order valence-corrected chi connectivity index (χ1v) is 7.67. The lowest BCUT2D eigenvalue weighted by Crippen LogP contribution is -2.36. The maximum atomic E-state index is 12.1. The average molecular weight is 306 g/mol. The van der Waals surface area contributed by atoms with Crippen molar-refractivity contribution in [1.29, 1.82) is 0 Å². The molecule has 22 heavy (non-hydrogen) atoms. The van der Waals surface area contributed by atoms with Crippen LogP contribution in [0.1, 0.15) is 38.3 Å². The third-order valence-electron chi connectivity index (χ3n) is 3.56. The molecule has 0 aliphatic carbocycles. The molecular weight excluding hydrogens is 280 g/mol. The summed E-state index contributed by atoms with van der Waals surface area (Å²) in [5.74, 6) is 0.866.